The molecule has 1 atom stereocenters. The van der Waals surface area contributed by atoms with Gasteiger partial charge in [-0.1, -0.05) is 36.0 Å². The van der Waals surface area contributed by atoms with E-state index in [9.17, 15) is 9.59 Å². The number of amides is 1. The first-order valence-corrected chi connectivity index (χ1v) is 7.31. The van der Waals surface area contributed by atoms with E-state index in [2.05, 4.69) is 5.32 Å². The van der Waals surface area contributed by atoms with Crippen LogP contribution in [-0.2, 0) is 9.59 Å². The molecule has 0 bridgehead atoms. The van der Waals surface area contributed by atoms with Gasteiger partial charge in [0.2, 0.25) is 0 Å². The molecule has 0 saturated heterocycles. The molecule has 1 fully saturated rings. The first-order valence-electron chi connectivity index (χ1n) is 6.55. The average Bonchev–Trinajstić information content (AvgIpc) is 3.23. The number of rotatable bonds is 7. The van der Waals surface area contributed by atoms with E-state index >= 15 is 0 Å². The highest BCUT2D eigenvalue weighted by Gasteiger charge is 2.30. The van der Waals surface area contributed by atoms with Crippen LogP contribution in [0.1, 0.15) is 19.3 Å². The molecule has 1 aliphatic rings. The molecule has 0 radical (unpaired) electrons. The van der Waals surface area contributed by atoms with Crippen LogP contribution in [0.2, 0.25) is 10.0 Å². The number of aliphatic carboxylic acids is 1. The summed E-state index contributed by atoms with van der Waals surface area (Å²) in [4.78, 5) is 22.8. The Labute approximate surface area is 132 Å². The predicted octanol–water partition coefficient (Wildman–Crippen LogP) is 2.74. The quantitative estimate of drug-likeness (QED) is 0.805. The molecule has 1 amide bonds. The van der Waals surface area contributed by atoms with E-state index in [1.54, 1.807) is 12.1 Å². The summed E-state index contributed by atoms with van der Waals surface area (Å²) < 4.78 is 5.26. The van der Waals surface area contributed by atoms with Gasteiger partial charge in [0.1, 0.15) is 11.8 Å². The number of halogens is 2. The van der Waals surface area contributed by atoms with Gasteiger partial charge < -0.3 is 15.2 Å². The van der Waals surface area contributed by atoms with E-state index < -0.39 is 17.9 Å². The number of hydrogen-bond donors (Lipinski definition) is 2. The number of benzene rings is 1. The van der Waals surface area contributed by atoms with Crippen molar-refractivity contribution < 1.29 is 19.4 Å². The van der Waals surface area contributed by atoms with Crippen molar-refractivity contribution in [2.75, 3.05) is 6.61 Å². The lowest BCUT2D eigenvalue weighted by atomic mass is 10.1. The monoisotopic (exact) mass is 331 g/mol. The molecule has 0 spiro atoms. The zero-order valence-corrected chi connectivity index (χ0v) is 12.7. The summed E-state index contributed by atoms with van der Waals surface area (Å²) in [5.41, 5.74) is 0. The van der Waals surface area contributed by atoms with Gasteiger partial charge in [0.25, 0.3) is 5.91 Å². The highest BCUT2D eigenvalue weighted by molar-refractivity contribution is 6.34. The predicted molar refractivity (Wildman–Crippen MR) is 78.9 cm³/mol. The smallest absolute Gasteiger partial charge is 0.326 e. The van der Waals surface area contributed by atoms with E-state index in [0.29, 0.717) is 22.4 Å². The zero-order chi connectivity index (χ0) is 15.4. The Morgan fingerprint density at radius 1 is 1.38 bits per heavy atom. The number of nitrogens with one attached hydrogen (secondary N) is 1. The highest BCUT2D eigenvalue weighted by Crippen LogP contribution is 2.33. The maximum atomic E-state index is 11.8. The van der Waals surface area contributed by atoms with Crippen molar-refractivity contribution in [3.05, 3.63) is 28.2 Å². The number of carboxylic acids is 1. The zero-order valence-electron chi connectivity index (χ0n) is 11.1. The van der Waals surface area contributed by atoms with E-state index in [0.717, 1.165) is 12.8 Å². The molecule has 1 saturated carbocycles. The van der Waals surface area contributed by atoms with Gasteiger partial charge in [-0.05, 0) is 24.5 Å². The molecule has 7 heteroatoms. The number of ether oxygens (including phenoxy) is 1. The molecule has 1 aromatic rings. The molecule has 1 unspecified atom stereocenters. The van der Waals surface area contributed by atoms with Crippen LogP contribution in [0.15, 0.2) is 18.2 Å². The van der Waals surface area contributed by atoms with Crippen molar-refractivity contribution in [2.45, 2.75) is 25.3 Å². The SMILES string of the molecule is O=C(COc1cc(Cl)ccc1Cl)NC(CC1CC1)C(=O)O. The average molecular weight is 332 g/mol. The number of carboxylic acid groups (broad SMARTS) is 1. The third-order valence-corrected chi connectivity index (χ3v) is 3.70. The number of carbonyl (C=O) groups excluding carboxylic acids is 1. The topological polar surface area (TPSA) is 75.6 Å². The summed E-state index contributed by atoms with van der Waals surface area (Å²) in [6.07, 6.45) is 2.50. The van der Waals surface area contributed by atoms with Crippen molar-refractivity contribution in [3.8, 4) is 5.75 Å². The molecule has 2 N–H and O–H groups in total. The van der Waals surface area contributed by atoms with Crippen LogP contribution in [0, 0.1) is 5.92 Å². The van der Waals surface area contributed by atoms with E-state index in [4.69, 9.17) is 33.0 Å². The lowest BCUT2D eigenvalue weighted by Crippen LogP contribution is -2.43. The van der Waals surface area contributed by atoms with E-state index in [1.807, 2.05) is 0 Å². The molecule has 0 aromatic heterocycles. The van der Waals surface area contributed by atoms with Crippen molar-refractivity contribution in [1.29, 1.82) is 0 Å². The van der Waals surface area contributed by atoms with Gasteiger partial charge in [-0.3, -0.25) is 4.79 Å². The van der Waals surface area contributed by atoms with Crippen LogP contribution in [0.4, 0.5) is 0 Å². The lowest BCUT2D eigenvalue weighted by molar-refractivity contribution is -0.142. The molecule has 5 nitrogen and oxygen atoms in total. The molecule has 1 aliphatic carbocycles. The minimum Gasteiger partial charge on any atom is -0.482 e. The summed E-state index contributed by atoms with van der Waals surface area (Å²) in [5.74, 6) is -0.849. The Morgan fingerprint density at radius 2 is 2.10 bits per heavy atom. The standard InChI is InChI=1S/C14H15Cl2NO4/c15-9-3-4-10(16)12(6-9)21-7-13(18)17-11(14(19)20)5-8-1-2-8/h3-4,6,8,11H,1-2,5,7H2,(H,17,18)(H,19,20). The Bertz CT molecular complexity index is 546. The van der Waals surface area contributed by atoms with Crippen LogP contribution in [-0.4, -0.2) is 29.6 Å². The molecule has 0 heterocycles. The molecule has 114 valence electrons. The fourth-order valence-corrected chi connectivity index (χ4v) is 2.21. The summed E-state index contributed by atoms with van der Waals surface area (Å²) >= 11 is 11.7. The van der Waals surface area contributed by atoms with Crippen molar-refractivity contribution in [3.63, 3.8) is 0 Å². The first-order chi connectivity index (χ1) is 9.95. The van der Waals surface area contributed by atoms with Crippen LogP contribution in [0.5, 0.6) is 5.75 Å². The maximum absolute atomic E-state index is 11.8. The molecule has 1 aromatic carbocycles. The first kappa shape index (κ1) is 15.9. The minimum absolute atomic E-state index is 0.286. The van der Waals surface area contributed by atoms with Crippen molar-refractivity contribution in [1.82, 2.24) is 5.32 Å². The van der Waals surface area contributed by atoms with Crippen LogP contribution in [0.25, 0.3) is 0 Å². The van der Waals surface area contributed by atoms with Crippen LogP contribution >= 0.6 is 23.2 Å². The van der Waals surface area contributed by atoms with Gasteiger partial charge in [0, 0.05) is 11.1 Å². The minimum atomic E-state index is -1.03. The normalized spacial score (nSPS) is 15.3. The van der Waals surface area contributed by atoms with Crippen LogP contribution in [0.3, 0.4) is 0 Å². The van der Waals surface area contributed by atoms with Crippen LogP contribution < -0.4 is 10.1 Å². The Morgan fingerprint density at radius 3 is 2.71 bits per heavy atom. The summed E-state index contributed by atoms with van der Waals surface area (Å²) in [6, 6.07) is 3.79. The highest BCUT2D eigenvalue weighted by atomic mass is 35.5. The maximum Gasteiger partial charge on any atom is 0.326 e. The number of carbonyl (C=O) groups is 2. The van der Waals surface area contributed by atoms with E-state index in [-0.39, 0.29) is 12.4 Å². The second-order valence-electron chi connectivity index (χ2n) is 5.00. The Balaban J connectivity index is 1.85. The lowest BCUT2D eigenvalue weighted by Gasteiger charge is -2.14. The molecule has 0 aliphatic heterocycles. The summed E-state index contributed by atoms with van der Waals surface area (Å²) in [5, 5.41) is 12.3. The second-order valence-corrected chi connectivity index (χ2v) is 5.84. The molecule has 2 rings (SSSR count). The second kappa shape index (κ2) is 7.00. The molecular formula is C14H15Cl2NO4. The van der Waals surface area contributed by atoms with Gasteiger partial charge in [0.05, 0.1) is 5.02 Å². The van der Waals surface area contributed by atoms with E-state index in [1.165, 1.54) is 6.07 Å². The summed E-state index contributed by atoms with van der Waals surface area (Å²) in [7, 11) is 0. The molecule has 21 heavy (non-hydrogen) atoms. The fourth-order valence-electron chi connectivity index (χ4n) is 1.88. The Kier molecular flexibility index (Phi) is 5.31. The molecular weight excluding hydrogens is 317 g/mol. The van der Waals surface area contributed by atoms with Crippen molar-refractivity contribution >= 4 is 35.1 Å². The Hall–Kier alpha value is -1.46. The third kappa shape index (κ3) is 5.10. The fraction of sp³-hybridized carbons (Fsp3) is 0.429. The van der Waals surface area contributed by atoms with Gasteiger partial charge in [-0.2, -0.15) is 0 Å². The van der Waals surface area contributed by atoms with Crippen molar-refractivity contribution in [2.24, 2.45) is 5.92 Å². The van der Waals surface area contributed by atoms with Gasteiger partial charge >= 0.3 is 5.97 Å². The number of hydrogen-bond acceptors (Lipinski definition) is 3. The largest absolute Gasteiger partial charge is 0.482 e. The third-order valence-electron chi connectivity index (χ3n) is 3.15. The van der Waals surface area contributed by atoms with Gasteiger partial charge in [0.15, 0.2) is 6.61 Å². The van der Waals surface area contributed by atoms with Gasteiger partial charge in [-0.25, -0.2) is 4.79 Å². The van der Waals surface area contributed by atoms with Gasteiger partial charge in [-0.15, -0.1) is 0 Å². The summed E-state index contributed by atoms with van der Waals surface area (Å²) in [6.45, 7) is -0.311.